The minimum absolute atomic E-state index is 0.0913. The van der Waals surface area contributed by atoms with E-state index in [4.69, 9.17) is 0 Å². The van der Waals surface area contributed by atoms with Gasteiger partial charge in [0, 0.05) is 13.1 Å². The van der Waals surface area contributed by atoms with Crippen LogP contribution in [0.1, 0.15) is 43.2 Å². The second-order valence-corrected chi connectivity index (χ2v) is 12.5. The van der Waals surface area contributed by atoms with E-state index < -0.39 is 0 Å². The first-order valence-electron chi connectivity index (χ1n) is 14.6. The largest absolute Gasteiger partial charge is 0.301 e. The molecule has 0 bridgehead atoms. The second kappa shape index (κ2) is 13.9. The normalized spacial score (nSPS) is 18.9. The van der Waals surface area contributed by atoms with Crippen LogP contribution in [0.2, 0.25) is 0 Å². The summed E-state index contributed by atoms with van der Waals surface area (Å²) >= 11 is 2.81. The molecular weight excluding hydrogens is 573 g/mol. The molecule has 0 atom stereocenters. The number of carbonyl (C=O) groups is 2. The van der Waals surface area contributed by atoms with Crippen molar-refractivity contribution in [2.45, 2.75) is 32.1 Å². The van der Waals surface area contributed by atoms with Gasteiger partial charge in [-0.15, -0.1) is 0 Å². The van der Waals surface area contributed by atoms with Crippen molar-refractivity contribution < 1.29 is 9.59 Å². The molecule has 2 amide bonds. The predicted molar refractivity (Wildman–Crippen MR) is 183 cm³/mol. The molecule has 0 unspecified atom stereocenters. The number of amidine groups is 2. The van der Waals surface area contributed by atoms with E-state index >= 15 is 0 Å². The molecule has 43 heavy (non-hydrogen) atoms. The van der Waals surface area contributed by atoms with Crippen LogP contribution in [-0.2, 0) is 9.59 Å². The number of thioether (sulfide) groups is 2. The van der Waals surface area contributed by atoms with Gasteiger partial charge in [-0.05, 0) is 93.3 Å². The lowest BCUT2D eigenvalue weighted by Gasteiger charge is -2.00. The van der Waals surface area contributed by atoms with Crippen LogP contribution in [0.25, 0.3) is 33.7 Å². The van der Waals surface area contributed by atoms with Crippen LogP contribution in [0, 0.1) is 0 Å². The van der Waals surface area contributed by atoms with Crippen molar-refractivity contribution in [2.75, 3.05) is 13.1 Å². The van der Waals surface area contributed by atoms with Gasteiger partial charge in [-0.3, -0.25) is 19.6 Å². The van der Waals surface area contributed by atoms with Crippen LogP contribution >= 0.6 is 23.5 Å². The summed E-state index contributed by atoms with van der Waals surface area (Å²) in [6.45, 7) is 1.40. The molecule has 4 aromatic rings. The van der Waals surface area contributed by atoms with Crippen LogP contribution in [0.15, 0.2) is 105 Å². The number of hydrogen-bond acceptors (Lipinski definition) is 6. The molecule has 4 aromatic carbocycles. The molecule has 6 rings (SSSR count). The molecule has 6 nitrogen and oxygen atoms in total. The van der Waals surface area contributed by atoms with Gasteiger partial charge in [-0.1, -0.05) is 92.1 Å². The number of nitrogens with one attached hydrogen (secondary N) is 2. The molecule has 2 N–H and O–H groups in total. The molecule has 0 radical (unpaired) electrons. The molecule has 2 saturated heterocycles. The van der Waals surface area contributed by atoms with Gasteiger partial charge in [0.05, 0.1) is 9.81 Å². The van der Waals surface area contributed by atoms with Gasteiger partial charge in [-0.2, -0.15) is 0 Å². The summed E-state index contributed by atoms with van der Waals surface area (Å²) in [7, 11) is 0. The first-order chi connectivity index (χ1) is 21.1. The first kappa shape index (κ1) is 29.0. The highest BCUT2D eigenvalue weighted by molar-refractivity contribution is 8.19. The van der Waals surface area contributed by atoms with E-state index in [2.05, 4.69) is 69.1 Å². The standard InChI is InChI=1S/C35H32N4O2S2/c40-32-30(22-24-14-16-26-10-4-6-12-28(26)20-24)42-34(38-32)36-18-8-2-1-3-9-19-37-35-39-33(41)31(43-35)23-25-15-17-27-11-5-7-13-29(27)21-25/h4-7,10-17,20-23H,1-3,8-9,18-19H2,(H,36,38,40)(H,37,39,41)/b30-22-,31-23-. The van der Waals surface area contributed by atoms with Crippen molar-refractivity contribution in [2.24, 2.45) is 9.98 Å². The van der Waals surface area contributed by atoms with Gasteiger partial charge in [-0.25, -0.2) is 0 Å². The van der Waals surface area contributed by atoms with Crippen molar-refractivity contribution in [3.05, 3.63) is 106 Å². The number of amides is 2. The number of aliphatic imine (C=N–C) groups is 2. The van der Waals surface area contributed by atoms with Crippen molar-refractivity contribution >= 4 is 79.4 Å². The third-order valence-corrected chi connectivity index (χ3v) is 9.17. The Bertz CT molecular complexity index is 1680. The van der Waals surface area contributed by atoms with Crippen molar-refractivity contribution in [1.29, 1.82) is 0 Å². The average molecular weight is 605 g/mol. The average Bonchev–Trinajstić information content (AvgIpc) is 3.55. The minimum atomic E-state index is -0.0913. The molecule has 8 heteroatoms. The van der Waals surface area contributed by atoms with Crippen molar-refractivity contribution in [3.8, 4) is 0 Å². The fourth-order valence-electron chi connectivity index (χ4n) is 5.02. The van der Waals surface area contributed by atoms with Crippen LogP contribution in [0.3, 0.4) is 0 Å². The van der Waals surface area contributed by atoms with Gasteiger partial charge in [0.15, 0.2) is 10.3 Å². The molecule has 2 aliphatic heterocycles. The first-order valence-corrected chi connectivity index (χ1v) is 16.2. The Kier molecular flexibility index (Phi) is 9.35. The topological polar surface area (TPSA) is 82.9 Å². The van der Waals surface area contributed by atoms with Crippen molar-refractivity contribution in [1.82, 2.24) is 10.6 Å². The Labute approximate surface area is 259 Å². The molecule has 0 spiro atoms. The molecule has 2 fully saturated rings. The lowest BCUT2D eigenvalue weighted by atomic mass is 10.1. The van der Waals surface area contributed by atoms with Crippen LogP contribution in [-0.4, -0.2) is 35.2 Å². The molecule has 0 aliphatic carbocycles. The Balaban J connectivity index is 0.888. The number of rotatable bonds is 10. The van der Waals surface area contributed by atoms with Gasteiger partial charge in [0.2, 0.25) is 0 Å². The van der Waals surface area contributed by atoms with Crippen LogP contribution in [0.4, 0.5) is 0 Å². The van der Waals surface area contributed by atoms with Gasteiger partial charge >= 0.3 is 0 Å². The second-order valence-electron chi connectivity index (χ2n) is 10.5. The molecule has 2 aliphatic rings. The Morgan fingerprint density at radius 2 is 0.953 bits per heavy atom. The molecule has 2 heterocycles. The third-order valence-electron chi connectivity index (χ3n) is 7.27. The fourth-order valence-corrected chi connectivity index (χ4v) is 6.71. The number of carbonyl (C=O) groups excluding carboxylic acids is 2. The Morgan fingerprint density at radius 3 is 1.42 bits per heavy atom. The maximum atomic E-state index is 12.4. The zero-order valence-corrected chi connectivity index (χ0v) is 25.3. The minimum Gasteiger partial charge on any atom is -0.301 e. The summed E-state index contributed by atoms with van der Waals surface area (Å²) in [5, 5.41) is 11.8. The number of fused-ring (bicyclic) bond motifs is 2. The van der Waals surface area contributed by atoms with Crippen LogP contribution < -0.4 is 10.6 Å². The van der Waals surface area contributed by atoms with E-state index in [-0.39, 0.29) is 11.8 Å². The van der Waals surface area contributed by atoms with Gasteiger partial charge < -0.3 is 10.6 Å². The maximum Gasteiger partial charge on any atom is 0.264 e. The lowest BCUT2D eigenvalue weighted by molar-refractivity contribution is -0.116. The number of nitrogens with zero attached hydrogens (tertiary/aromatic N) is 2. The quantitative estimate of drug-likeness (QED) is 0.143. The van der Waals surface area contributed by atoms with E-state index in [9.17, 15) is 9.59 Å². The van der Waals surface area contributed by atoms with Gasteiger partial charge in [0.25, 0.3) is 11.8 Å². The smallest absolute Gasteiger partial charge is 0.264 e. The molecule has 0 aromatic heterocycles. The summed E-state index contributed by atoms with van der Waals surface area (Å²) in [6.07, 6.45) is 9.08. The summed E-state index contributed by atoms with van der Waals surface area (Å²) in [5.74, 6) is -0.183. The van der Waals surface area contributed by atoms with E-state index in [0.29, 0.717) is 33.2 Å². The highest BCUT2D eigenvalue weighted by Gasteiger charge is 2.24. The third kappa shape index (κ3) is 7.63. The van der Waals surface area contributed by atoms with E-state index in [1.807, 2.05) is 48.6 Å². The molecular formula is C35H32N4O2S2. The predicted octanol–water partition coefficient (Wildman–Crippen LogP) is 7.76. The highest BCUT2D eigenvalue weighted by atomic mass is 32.2. The Hall–Kier alpha value is -4.14. The summed E-state index contributed by atoms with van der Waals surface area (Å²) < 4.78 is 0. The van der Waals surface area contributed by atoms with E-state index in [1.165, 1.54) is 34.3 Å². The monoisotopic (exact) mass is 604 g/mol. The zero-order valence-electron chi connectivity index (χ0n) is 23.7. The molecule has 0 saturated carbocycles. The molecule has 216 valence electrons. The zero-order chi connectivity index (χ0) is 29.4. The van der Waals surface area contributed by atoms with Crippen molar-refractivity contribution in [3.63, 3.8) is 0 Å². The summed E-state index contributed by atoms with van der Waals surface area (Å²) in [5.41, 5.74) is 2.02. The lowest BCUT2D eigenvalue weighted by Crippen LogP contribution is -2.20. The fraction of sp³-hybridized carbons (Fsp3) is 0.200. The number of benzene rings is 4. The Morgan fingerprint density at radius 1 is 0.535 bits per heavy atom. The van der Waals surface area contributed by atoms with Crippen LogP contribution in [0.5, 0.6) is 0 Å². The number of hydrogen-bond donors (Lipinski definition) is 2. The van der Waals surface area contributed by atoms with E-state index in [1.54, 1.807) is 0 Å². The number of unbranched alkanes of at least 4 members (excludes halogenated alkanes) is 4. The summed E-state index contributed by atoms with van der Waals surface area (Å²) in [4.78, 5) is 35.4. The summed E-state index contributed by atoms with van der Waals surface area (Å²) in [6, 6.07) is 28.8. The maximum absolute atomic E-state index is 12.4. The van der Waals surface area contributed by atoms with E-state index in [0.717, 1.165) is 54.0 Å². The van der Waals surface area contributed by atoms with Gasteiger partial charge in [0.1, 0.15) is 0 Å². The highest BCUT2D eigenvalue weighted by Crippen LogP contribution is 2.28. The SMILES string of the molecule is O=C1NC(=NCCCCCCCN=C2NC(=O)/C(=C/c3ccc4ccccc4c3)S2)S/C1=C\c1ccc2ccccc2c1.